The van der Waals surface area contributed by atoms with E-state index in [1.807, 2.05) is 13.0 Å². The second-order valence-electron chi connectivity index (χ2n) is 4.31. The number of nitriles is 1. The van der Waals surface area contributed by atoms with Gasteiger partial charge in [-0.2, -0.15) is 5.26 Å². The minimum absolute atomic E-state index is 0.0487. The molecule has 1 rings (SSSR count). The van der Waals surface area contributed by atoms with E-state index in [0.29, 0.717) is 19.5 Å². The number of amides is 2. The summed E-state index contributed by atoms with van der Waals surface area (Å²) >= 11 is 0. The molecule has 1 saturated heterocycles. The first-order chi connectivity index (χ1) is 8.17. The van der Waals surface area contributed by atoms with E-state index in [-0.39, 0.29) is 24.3 Å². The summed E-state index contributed by atoms with van der Waals surface area (Å²) in [5.41, 5.74) is 0. The largest absolute Gasteiger partial charge is 0.353 e. The third kappa shape index (κ3) is 4.43. The average molecular weight is 237 g/mol. The van der Waals surface area contributed by atoms with Gasteiger partial charge in [-0.25, -0.2) is 0 Å². The van der Waals surface area contributed by atoms with E-state index in [1.54, 1.807) is 4.90 Å². The molecule has 0 radical (unpaired) electrons. The summed E-state index contributed by atoms with van der Waals surface area (Å²) in [6, 6.07) is 2.04. The molecule has 17 heavy (non-hydrogen) atoms. The first-order valence-electron chi connectivity index (χ1n) is 6.11. The summed E-state index contributed by atoms with van der Waals surface area (Å²) in [4.78, 5) is 24.5. The predicted octanol–water partition coefficient (Wildman–Crippen LogP) is 0.807. The number of hydrogen-bond donors (Lipinski definition) is 1. The molecular weight excluding hydrogens is 218 g/mol. The van der Waals surface area contributed by atoms with Crippen molar-refractivity contribution in [2.75, 3.05) is 13.1 Å². The van der Waals surface area contributed by atoms with E-state index in [1.165, 1.54) is 0 Å². The molecule has 0 saturated carbocycles. The zero-order valence-corrected chi connectivity index (χ0v) is 10.2. The zero-order valence-electron chi connectivity index (χ0n) is 10.2. The second-order valence-corrected chi connectivity index (χ2v) is 4.31. The van der Waals surface area contributed by atoms with Crippen LogP contribution in [-0.4, -0.2) is 35.8 Å². The van der Waals surface area contributed by atoms with E-state index < -0.39 is 0 Å². The molecule has 0 unspecified atom stereocenters. The number of piperidine rings is 1. The molecule has 0 aromatic heterocycles. The van der Waals surface area contributed by atoms with Gasteiger partial charge in [0.15, 0.2) is 0 Å². The Labute approximate surface area is 102 Å². The Morgan fingerprint density at radius 2 is 2.06 bits per heavy atom. The third-order valence-electron chi connectivity index (χ3n) is 2.92. The fourth-order valence-electron chi connectivity index (χ4n) is 1.98. The van der Waals surface area contributed by atoms with Gasteiger partial charge in [0.05, 0.1) is 6.07 Å². The summed E-state index contributed by atoms with van der Waals surface area (Å²) in [6.07, 6.45) is 2.94. The molecule has 0 aromatic carbocycles. The molecule has 2 amide bonds. The lowest BCUT2D eigenvalue weighted by atomic mass is 10.0. The van der Waals surface area contributed by atoms with Crippen molar-refractivity contribution in [2.45, 2.75) is 45.1 Å². The molecular formula is C12H19N3O2. The lowest BCUT2D eigenvalue weighted by Crippen LogP contribution is -2.46. The number of rotatable bonds is 4. The van der Waals surface area contributed by atoms with Crippen LogP contribution in [0.25, 0.3) is 0 Å². The molecule has 1 aliphatic rings. The van der Waals surface area contributed by atoms with Crippen molar-refractivity contribution in [1.29, 1.82) is 5.26 Å². The standard InChI is InChI=1S/C12H19N3O2/c1-2-3-11(16)14-10-5-8-15(9-6-10)12(17)4-7-13/h10H,2-6,8-9H2,1H3,(H,14,16). The number of nitrogens with zero attached hydrogens (tertiary/aromatic N) is 2. The Hall–Kier alpha value is -1.57. The van der Waals surface area contributed by atoms with Gasteiger partial charge >= 0.3 is 0 Å². The second kappa shape index (κ2) is 6.89. The fraction of sp³-hybridized carbons (Fsp3) is 0.750. The molecule has 1 fully saturated rings. The van der Waals surface area contributed by atoms with Crippen LogP contribution < -0.4 is 5.32 Å². The van der Waals surface area contributed by atoms with Crippen molar-refractivity contribution in [2.24, 2.45) is 0 Å². The van der Waals surface area contributed by atoms with Crippen LogP contribution in [0.1, 0.15) is 39.0 Å². The van der Waals surface area contributed by atoms with Crippen LogP contribution in [0.3, 0.4) is 0 Å². The predicted molar refractivity (Wildman–Crippen MR) is 62.9 cm³/mol. The van der Waals surface area contributed by atoms with E-state index >= 15 is 0 Å². The summed E-state index contributed by atoms with van der Waals surface area (Å²) in [5.74, 6) is -0.0138. The first-order valence-corrected chi connectivity index (χ1v) is 6.11. The van der Waals surface area contributed by atoms with Gasteiger partial charge in [-0.05, 0) is 19.3 Å². The number of nitrogens with one attached hydrogen (secondary N) is 1. The maximum absolute atomic E-state index is 11.4. The van der Waals surface area contributed by atoms with Crippen molar-refractivity contribution in [3.8, 4) is 6.07 Å². The van der Waals surface area contributed by atoms with Gasteiger partial charge < -0.3 is 10.2 Å². The monoisotopic (exact) mass is 237 g/mol. The molecule has 0 spiro atoms. The molecule has 1 N–H and O–H groups in total. The molecule has 5 heteroatoms. The Morgan fingerprint density at radius 1 is 1.41 bits per heavy atom. The lowest BCUT2D eigenvalue weighted by Gasteiger charge is -2.32. The maximum atomic E-state index is 11.4. The van der Waals surface area contributed by atoms with Crippen molar-refractivity contribution in [3.05, 3.63) is 0 Å². The third-order valence-corrected chi connectivity index (χ3v) is 2.92. The van der Waals surface area contributed by atoms with Crippen LogP contribution in [0.5, 0.6) is 0 Å². The SMILES string of the molecule is CCCC(=O)NC1CCN(C(=O)CC#N)CC1. The minimum atomic E-state index is -0.106. The Morgan fingerprint density at radius 3 is 2.59 bits per heavy atom. The number of likely N-dealkylation sites (tertiary alicyclic amines) is 1. The van der Waals surface area contributed by atoms with Gasteiger partial charge in [0.2, 0.25) is 11.8 Å². The van der Waals surface area contributed by atoms with Gasteiger partial charge in [0.1, 0.15) is 6.42 Å². The zero-order chi connectivity index (χ0) is 12.7. The van der Waals surface area contributed by atoms with Crippen LogP contribution in [0.15, 0.2) is 0 Å². The molecule has 0 aliphatic carbocycles. The molecule has 5 nitrogen and oxygen atoms in total. The van der Waals surface area contributed by atoms with Gasteiger partial charge in [-0.3, -0.25) is 9.59 Å². The number of hydrogen-bond acceptors (Lipinski definition) is 3. The molecule has 1 aliphatic heterocycles. The van der Waals surface area contributed by atoms with Crippen LogP contribution >= 0.6 is 0 Å². The quantitative estimate of drug-likeness (QED) is 0.786. The van der Waals surface area contributed by atoms with Crippen molar-refractivity contribution < 1.29 is 9.59 Å². The summed E-state index contributed by atoms with van der Waals surface area (Å²) in [6.45, 7) is 3.25. The molecule has 94 valence electrons. The van der Waals surface area contributed by atoms with Crippen LogP contribution in [0.2, 0.25) is 0 Å². The van der Waals surface area contributed by atoms with Crippen molar-refractivity contribution >= 4 is 11.8 Å². The highest BCUT2D eigenvalue weighted by molar-refractivity contribution is 5.78. The Balaban J connectivity index is 2.28. The summed E-state index contributed by atoms with van der Waals surface area (Å²) in [7, 11) is 0. The Kier molecular flexibility index (Phi) is 5.47. The first kappa shape index (κ1) is 13.5. The summed E-state index contributed by atoms with van der Waals surface area (Å²) in [5, 5.41) is 11.4. The maximum Gasteiger partial charge on any atom is 0.236 e. The lowest BCUT2D eigenvalue weighted by molar-refractivity contribution is -0.131. The van der Waals surface area contributed by atoms with Crippen LogP contribution in [0, 0.1) is 11.3 Å². The van der Waals surface area contributed by atoms with Gasteiger partial charge in [0, 0.05) is 25.6 Å². The van der Waals surface area contributed by atoms with Gasteiger partial charge in [-0.1, -0.05) is 6.92 Å². The number of carbonyl (C=O) groups excluding carboxylic acids is 2. The molecule has 0 aromatic rings. The van der Waals surface area contributed by atoms with Crippen molar-refractivity contribution in [1.82, 2.24) is 10.2 Å². The summed E-state index contributed by atoms with van der Waals surface area (Å²) < 4.78 is 0. The fourth-order valence-corrected chi connectivity index (χ4v) is 1.98. The highest BCUT2D eigenvalue weighted by atomic mass is 16.2. The average Bonchev–Trinajstić information content (AvgIpc) is 2.30. The van der Waals surface area contributed by atoms with E-state index in [2.05, 4.69) is 5.32 Å². The molecule has 1 heterocycles. The van der Waals surface area contributed by atoms with Crippen LogP contribution in [-0.2, 0) is 9.59 Å². The van der Waals surface area contributed by atoms with Crippen molar-refractivity contribution in [3.63, 3.8) is 0 Å². The van der Waals surface area contributed by atoms with Gasteiger partial charge in [-0.15, -0.1) is 0 Å². The van der Waals surface area contributed by atoms with E-state index in [0.717, 1.165) is 19.3 Å². The molecule has 0 bridgehead atoms. The van der Waals surface area contributed by atoms with E-state index in [4.69, 9.17) is 5.26 Å². The Bertz CT molecular complexity index is 314. The normalized spacial score (nSPS) is 16.4. The topological polar surface area (TPSA) is 73.2 Å². The van der Waals surface area contributed by atoms with Gasteiger partial charge in [0.25, 0.3) is 0 Å². The van der Waals surface area contributed by atoms with Crippen LogP contribution in [0.4, 0.5) is 0 Å². The molecule has 0 atom stereocenters. The minimum Gasteiger partial charge on any atom is -0.353 e. The smallest absolute Gasteiger partial charge is 0.236 e. The van der Waals surface area contributed by atoms with E-state index in [9.17, 15) is 9.59 Å². The number of carbonyl (C=O) groups is 2. The highest BCUT2D eigenvalue weighted by Crippen LogP contribution is 2.11. The highest BCUT2D eigenvalue weighted by Gasteiger charge is 2.23.